The second-order valence-corrected chi connectivity index (χ2v) is 4.55. The molecule has 1 unspecified atom stereocenters. The van der Waals surface area contributed by atoms with Crippen LogP contribution in [-0.4, -0.2) is 13.2 Å². The van der Waals surface area contributed by atoms with E-state index in [2.05, 4.69) is 13.8 Å². The van der Waals surface area contributed by atoms with Gasteiger partial charge in [-0.3, -0.25) is 0 Å². The maximum absolute atomic E-state index is 5.53. The lowest BCUT2D eigenvalue weighted by Gasteiger charge is -2.34. The molecule has 0 amide bonds. The van der Waals surface area contributed by atoms with E-state index in [0.29, 0.717) is 5.41 Å². The first-order valence-corrected chi connectivity index (χ1v) is 4.82. The van der Waals surface area contributed by atoms with Crippen molar-refractivity contribution in [3.8, 4) is 0 Å². The van der Waals surface area contributed by atoms with Gasteiger partial charge in [-0.1, -0.05) is 13.8 Å². The Morgan fingerprint density at radius 2 is 2.09 bits per heavy atom. The normalized spacial score (nSPS) is 34.6. The molecule has 1 atom stereocenters. The molecule has 2 aliphatic rings. The van der Waals surface area contributed by atoms with E-state index in [1.807, 2.05) is 0 Å². The van der Waals surface area contributed by atoms with Crippen LogP contribution in [0.25, 0.3) is 0 Å². The third-order valence-electron chi connectivity index (χ3n) is 3.45. The fourth-order valence-corrected chi connectivity index (χ4v) is 2.62. The van der Waals surface area contributed by atoms with Crippen molar-refractivity contribution in [1.29, 1.82) is 0 Å². The van der Waals surface area contributed by atoms with E-state index >= 15 is 0 Å². The minimum absolute atomic E-state index is 0.645. The Balaban J connectivity index is 2.04. The van der Waals surface area contributed by atoms with Crippen LogP contribution in [0.1, 0.15) is 33.1 Å². The summed E-state index contributed by atoms with van der Waals surface area (Å²) in [5, 5.41) is 0. The largest absolute Gasteiger partial charge is 0.381 e. The zero-order valence-corrected chi connectivity index (χ0v) is 7.60. The molecule has 1 saturated heterocycles. The summed E-state index contributed by atoms with van der Waals surface area (Å²) in [5.41, 5.74) is 0.645. The highest BCUT2D eigenvalue weighted by molar-refractivity contribution is 5.00. The molecule has 1 aliphatic carbocycles. The molecule has 2 rings (SSSR count). The van der Waals surface area contributed by atoms with Gasteiger partial charge in [0.15, 0.2) is 0 Å². The first-order chi connectivity index (χ1) is 5.25. The SMILES string of the molecule is CC(C)C1CCOCC12CC2. The number of hydrogen-bond acceptors (Lipinski definition) is 1. The Kier molecular flexibility index (Phi) is 1.71. The van der Waals surface area contributed by atoms with Crippen LogP contribution in [0.15, 0.2) is 0 Å². The van der Waals surface area contributed by atoms with Crippen LogP contribution in [0.3, 0.4) is 0 Å². The lowest BCUT2D eigenvalue weighted by molar-refractivity contribution is -0.0129. The molecule has 1 nitrogen and oxygen atoms in total. The minimum Gasteiger partial charge on any atom is -0.381 e. The van der Waals surface area contributed by atoms with Gasteiger partial charge in [0.2, 0.25) is 0 Å². The van der Waals surface area contributed by atoms with Gasteiger partial charge in [0, 0.05) is 6.61 Å². The monoisotopic (exact) mass is 154 g/mol. The molecule has 2 fully saturated rings. The van der Waals surface area contributed by atoms with E-state index in [9.17, 15) is 0 Å². The Morgan fingerprint density at radius 1 is 1.36 bits per heavy atom. The molecule has 1 spiro atoms. The molecule has 1 aliphatic heterocycles. The number of rotatable bonds is 1. The molecule has 1 saturated carbocycles. The van der Waals surface area contributed by atoms with Crippen molar-refractivity contribution in [3.63, 3.8) is 0 Å². The highest BCUT2D eigenvalue weighted by atomic mass is 16.5. The predicted octanol–water partition coefficient (Wildman–Crippen LogP) is 2.46. The van der Waals surface area contributed by atoms with Gasteiger partial charge >= 0.3 is 0 Å². The van der Waals surface area contributed by atoms with E-state index in [0.717, 1.165) is 25.0 Å². The van der Waals surface area contributed by atoms with Crippen molar-refractivity contribution in [3.05, 3.63) is 0 Å². The van der Waals surface area contributed by atoms with Gasteiger partial charge in [0.25, 0.3) is 0 Å². The Morgan fingerprint density at radius 3 is 2.55 bits per heavy atom. The van der Waals surface area contributed by atoms with E-state index < -0.39 is 0 Å². The van der Waals surface area contributed by atoms with Gasteiger partial charge in [-0.2, -0.15) is 0 Å². The highest BCUT2D eigenvalue weighted by Crippen LogP contribution is 2.57. The first kappa shape index (κ1) is 7.60. The highest BCUT2D eigenvalue weighted by Gasteiger charge is 2.51. The maximum atomic E-state index is 5.53. The molecular weight excluding hydrogens is 136 g/mol. The average Bonchev–Trinajstić information content (AvgIpc) is 2.70. The van der Waals surface area contributed by atoms with Crippen LogP contribution >= 0.6 is 0 Å². The zero-order valence-electron chi connectivity index (χ0n) is 7.60. The Hall–Kier alpha value is -0.0400. The average molecular weight is 154 g/mol. The van der Waals surface area contributed by atoms with E-state index in [4.69, 9.17) is 4.74 Å². The third kappa shape index (κ3) is 1.20. The Labute approximate surface area is 69.1 Å². The van der Waals surface area contributed by atoms with Gasteiger partial charge in [-0.05, 0) is 36.5 Å². The van der Waals surface area contributed by atoms with Gasteiger partial charge in [-0.15, -0.1) is 0 Å². The van der Waals surface area contributed by atoms with Crippen molar-refractivity contribution in [2.45, 2.75) is 33.1 Å². The second-order valence-electron chi connectivity index (χ2n) is 4.55. The fourth-order valence-electron chi connectivity index (χ4n) is 2.62. The standard InChI is InChI=1S/C10H18O/c1-8(2)9-3-6-11-7-10(9)4-5-10/h8-9H,3-7H2,1-2H3. The molecule has 64 valence electrons. The lowest BCUT2D eigenvalue weighted by Crippen LogP contribution is -2.32. The second kappa shape index (κ2) is 2.48. The van der Waals surface area contributed by atoms with Crippen molar-refractivity contribution in [2.24, 2.45) is 17.3 Å². The molecule has 1 heterocycles. The van der Waals surface area contributed by atoms with Gasteiger partial charge in [0.05, 0.1) is 6.61 Å². The summed E-state index contributed by atoms with van der Waals surface area (Å²) < 4.78 is 5.53. The molecule has 0 N–H and O–H groups in total. The summed E-state index contributed by atoms with van der Waals surface area (Å²) in [7, 11) is 0. The van der Waals surface area contributed by atoms with E-state index in [1.165, 1.54) is 19.3 Å². The molecule has 0 aromatic rings. The number of hydrogen-bond donors (Lipinski definition) is 0. The van der Waals surface area contributed by atoms with Crippen LogP contribution in [0.4, 0.5) is 0 Å². The van der Waals surface area contributed by atoms with Crippen LogP contribution in [0.5, 0.6) is 0 Å². The van der Waals surface area contributed by atoms with Gasteiger partial charge in [-0.25, -0.2) is 0 Å². The molecule has 0 aromatic carbocycles. The van der Waals surface area contributed by atoms with E-state index in [1.54, 1.807) is 0 Å². The summed E-state index contributed by atoms with van der Waals surface area (Å²) >= 11 is 0. The summed E-state index contributed by atoms with van der Waals surface area (Å²) in [5.74, 6) is 1.82. The van der Waals surface area contributed by atoms with E-state index in [-0.39, 0.29) is 0 Å². The van der Waals surface area contributed by atoms with Crippen LogP contribution in [0, 0.1) is 17.3 Å². The molecule has 0 radical (unpaired) electrons. The van der Waals surface area contributed by atoms with Crippen molar-refractivity contribution >= 4 is 0 Å². The van der Waals surface area contributed by atoms with Crippen molar-refractivity contribution in [1.82, 2.24) is 0 Å². The minimum atomic E-state index is 0.645. The summed E-state index contributed by atoms with van der Waals surface area (Å²) in [6.07, 6.45) is 4.16. The maximum Gasteiger partial charge on any atom is 0.0525 e. The zero-order chi connectivity index (χ0) is 7.90. The molecule has 11 heavy (non-hydrogen) atoms. The smallest absolute Gasteiger partial charge is 0.0525 e. The summed E-state index contributed by atoms with van der Waals surface area (Å²) in [6, 6.07) is 0. The fraction of sp³-hybridized carbons (Fsp3) is 1.00. The third-order valence-corrected chi connectivity index (χ3v) is 3.45. The van der Waals surface area contributed by atoms with Crippen LogP contribution < -0.4 is 0 Å². The summed E-state index contributed by atoms with van der Waals surface area (Å²) in [6.45, 7) is 6.77. The summed E-state index contributed by atoms with van der Waals surface area (Å²) in [4.78, 5) is 0. The Bertz CT molecular complexity index is 147. The quantitative estimate of drug-likeness (QED) is 0.563. The van der Waals surface area contributed by atoms with Crippen LogP contribution in [0.2, 0.25) is 0 Å². The van der Waals surface area contributed by atoms with Crippen molar-refractivity contribution < 1.29 is 4.74 Å². The lowest BCUT2D eigenvalue weighted by atomic mass is 9.78. The molecule has 0 bridgehead atoms. The van der Waals surface area contributed by atoms with Crippen molar-refractivity contribution in [2.75, 3.05) is 13.2 Å². The van der Waals surface area contributed by atoms with Crippen LogP contribution in [-0.2, 0) is 4.74 Å². The molecular formula is C10H18O. The molecule has 1 heteroatoms. The van der Waals surface area contributed by atoms with Gasteiger partial charge in [0.1, 0.15) is 0 Å². The number of ether oxygens (including phenoxy) is 1. The molecule has 0 aromatic heterocycles. The predicted molar refractivity (Wildman–Crippen MR) is 45.4 cm³/mol. The van der Waals surface area contributed by atoms with Gasteiger partial charge < -0.3 is 4.74 Å². The topological polar surface area (TPSA) is 9.23 Å². The first-order valence-electron chi connectivity index (χ1n) is 4.82.